The molecule has 3 rings (SSSR count). The van der Waals surface area contributed by atoms with Crippen molar-refractivity contribution >= 4 is 17.4 Å². The Morgan fingerprint density at radius 3 is 2.83 bits per heavy atom. The van der Waals surface area contributed by atoms with Crippen molar-refractivity contribution in [1.29, 1.82) is 0 Å². The molecule has 18 heavy (non-hydrogen) atoms. The third-order valence-corrected chi connectivity index (χ3v) is 2.56. The van der Waals surface area contributed by atoms with Crippen LogP contribution in [0.25, 0.3) is 5.52 Å². The van der Waals surface area contributed by atoms with Crippen molar-refractivity contribution in [3.8, 4) is 0 Å². The number of nitrogens with zero attached hydrogens (tertiary/aromatic N) is 3. The van der Waals surface area contributed by atoms with Gasteiger partial charge in [0.25, 0.3) is 5.91 Å². The van der Waals surface area contributed by atoms with Crippen molar-refractivity contribution in [2.75, 3.05) is 5.32 Å². The van der Waals surface area contributed by atoms with Gasteiger partial charge in [0.2, 0.25) is 5.95 Å². The Morgan fingerprint density at radius 2 is 2.00 bits per heavy atom. The number of rotatable bonds is 2. The van der Waals surface area contributed by atoms with Crippen LogP contribution in [-0.4, -0.2) is 20.3 Å². The van der Waals surface area contributed by atoms with Gasteiger partial charge < -0.3 is 0 Å². The molecule has 5 nitrogen and oxygen atoms in total. The summed E-state index contributed by atoms with van der Waals surface area (Å²) in [5, 5.41) is 2.73. The minimum atomic E-state index is -0.271. The molecule has 1 amide bonds. The molecule has 0 fully saturated rings. The molecule has 0 aromatic carbocycles. The molecule has 0 saturated heterocycles. The van der Waals surface area contributed by atoms with Crippen LogP contribution in [0.2, 0.25) is 0 Å². The van der Waals surface area contributed by atoms with Crippen LogP contribution >= 0.6 is 0 Å². The zero-order chi connectivity index (χ0) is 12.4. The first-order chi connectivity index (χ1) is 8.84. The number of amides is 1. The maximum atomic E-state index is 11.9. The molecule has 0 radical (unpaired) electrons. The van der Waals surface area contributed by atoms with Gasteiger partial charge in [-0.2, -0.15) is 0 Å². The first-order valence-corrected chi connectivity index (χ1v) is 5.49. The number of anilines is 1. The monoisotopic (exact) mass is 238 g/mol. The molecule has 0 unspecified atom stereocenters. The van der Waals surface area contributed by atoms with Gasteiger partial charge in [0.15, 0.2) is 0 Å². The Morgan fingerprint density at radius 1 is 1.11 bits per heavy atom. The smallest absolute Gasteiger partial charge is 0.276 e. The second-order valence-electron chi connectivity index (χ2n) is 3.75. The number of nitrogens with one attached hydrogen (secondary N) is 1. The molecule has 0 spiro atoms. The molecule has 88 valence electrons. The summed E-state index contributed by atoms with van der Waals surface area (Å²) in [6, 6.07) is 10.9. The fourth-order valence-corrected chi connectivity index (χ4v) is 1.70. The molecule has 1 N–H and O–H groups in total. The van der Waals surface area contributed by atoms with Crippen LogP contribution < -0.4 is 5.32 Å². The predicted octanol–water partition coefficient (Wildman–Crippen LogP) is 1.98. The number of fused-ring (bicyclic) bond motifs is 1. The molecular weight excluding hydrogens is 228 g/mol. The first kappa shape index (κ1) is 10.5. The number of pyridine rings is 2. The van der Waals surface area contributed by atoms with E-state index in [2.05, 4.69) is 15.3 Å². The summed E-state index contributed by atoms with van der Waals surface area (Å²) in [6.45, 7) is 0. The average Bonchev–Trinajstić information content (AvgIpc) is 2.83. The SMILES string of the molecule is O=C(Nc1ncc2ccccn12)c1ccccn1. The topological polar surface area (TPSA) is 59.3 Å². The van der Waals surface area contributed by atoms with Gasteiger partial charge >= 0.3 is 0 Å². The Hall–Kier alpha value is -2.69. The van der Waals surface area contributed by atoms with Crippen LogP contribution in [0.1, 0.15) is 10.5 Å². The zero-order valence-corrected chi connectivity index (χ0v) is 9.45. The maximum absolute atomic E-state index is 11.9. The van der Waals surface area contributed by atoms with E-state index in [0.29, 0.717) is 11.6 Å². The second kappa shape index (κ2) is 4.29. The van der Waals surface area contributed by atoms with Crippen molar-refractivity contribution in [1.82, 2.24) is 14.4 Å². The van der Waals surface area contributed by atoms with E-state index in [1.165, 1.54) is 0 Å². The van der Waals surface area contributed by atoms with E-state index in [0.717, 1.165) is 5.52 Å². The van der Waals surface area contributed by atoms with Crippen molar-refractivity contribution < 1.29 is 4.79 Å². The van der Waals surface area contributed by atoms with Crippen molar-refractivity contribution in [2.24, 2.45) is 0 Å². The fourth-order valence-electron chi connectivity index (χ4n) is 1.70. The van der Waals surface area contributed by atoms with Crippen molar-refractivity contribution in [2.45, 2.75) is 0 Å². The first-order valence-electron chi connectivity index (χ1n) is 5.49. The Labute approximate surface area is 103 Å². The van der Waals surface area contributed by atoms with E-state index in [1.807, 2.05) is 24.4 Å². The highest BCUT2D eigenvalue weighted by Crippen LogP contribution is 2.11. The van der Waals surface area contributed by atoms with Gasteiger partial charge in [0, 0.05) is 12.4 Å². The summed E-state index contributed by atoms with van der Waals surface area (Å²) in [7, 11) is 0. The van der Waals surface area contributed by atoms with Crippen LogP contribution in [0.3, 0.4) is 0 Å². The van der Waals surface area contributed by atoms with E-state index in [9.17, 15) is 4.79 Å². The molecule has 0 saturated carbocycles. The normalized spacial score (nSPS) is 10.4. The lowest BCUT2D eigenvalue weighted by molar-refractivity contribution is 0.102. The quantitative estimate of drug-likeness (QED) is 0.742. The summed E-state index contributed by atoms with van der Waals surface area (Å²) in [4.78, 5) is 20.1. The molecule has 3 aromatic rings. The highest BCUT2D eigenvalue weighted by molar-refractivity contribution is 6.02. The minimum absolute atomic E-state index is 0.271. The van der Waals surface area contributed by atoms with E-state index < -0.39 is 0 Å². The molecule has 0 aliphatic heterocycles. The summed E-state index contributed by atoms with van der Waals surface area (Å²) in [5.41, 5.74) is 1.29. The highest BCUT2D eigenvalue weighted by Gasteiger charge is 2.10. The molecule has 0 aliphatic carbocycles. The minimum Gasteiger partial charge on any atom is -0.290 e. The van der Waals surface area contributed by atoms with Crippen LogP contribution in [0.5, 0.6) is 0 Å². The van der Waals surface area contributed by atoms with Gasteiger partial charge in [0.05, 0.1) is 11.7 Å². The van der Waals surface area contributed by atoms with Gasteiger partial charge in [-0.1, -0.05) is 12.1 Å². The Bertz CT molecular complexity index is 690. The fraction of sp³-hybridized carbons (Fsp3) is 0. The van der Waals surface area contributed by atoms with Crippen molar-refractivity contribution in [3.05, 3.63) is 60.7 Å². The van der Waals surface area contributed by atoms with E-state index in [1.54, 1.807) is 35.0 Å². The number of aromatic nitrogens is 3. The Kier molecular flexibility index (Phi) is 2.49. The lowest BCUT2D eigenvalue weighted by Crippen LogP contribution is -2.15. The standard InChI is InChI=1S/C13H10N4O/c18-12(11-6-1-3-7-14-11)16-13-15-9-10-5-2-4-8-17(10)13/h1-9H,(H,15,16,18). The number of hydrogen-bond donors (Lipinski definition) is 1. The molecule has 5 heteroatoms. The van der Waals surface area contributed by atoms with E-state index in [4.69, 9.17) is 0 Å². The van der Waals surface area contributed by atoms with Gasteiger partial charge in [-0.25, -0.2) is 4.98 Å². The second-order valence-corrected chi connectivity index (χ2v) is 3.75. The molecule has 3 heterocycles. The average molecular weight is 238 g/mol. The van der Waals surface area contributed by atoms with Crippen molar-refractivity contribution in [3.63, 3.8) is 0 Å². The summed E-state index contributed by atoms with van der Waals surface area (Å²) < 4.78 is 1.81. The number of carbonyl (C=O) groups excluding carboxylic acids is 1. The van der Waals surface area contributed by atoms with Crippen LogP contribution in [0, 0.1) is 0 Å². The zero-order valence-electron chi connectivity index (χ0n) is 9.45. The van der Waals surface area contributed by atoms with Crippen LogP contribution in [0.15, 0.2) is 55.0 Å². The molecule has 0 bridgehead atoms. The third kappa shape index (κ3) is 1.82. The van der Waals surface area contributed by atoms with Crippen LogP contribution in [-0.2, 0) is 0 Å². The number of carbonyl (C=O) groups is 1. The lowest BCUT2D eigenvalue weighted by atomic mass is 10.3. The highest BCUT2D eigenvalue weighted by atomic mass is 16.2. The van der Waals surface area contributed by atoms with E-state index in [-0.39, 0.29) is 5.91 Å². The molecule has 0 atom stereocenters. The van der Waals surface area contributed by atoms with Gasteiger partial charge in [-0.05, 0) is 24.3 Å². The van der Waals surface area contributed by atoms with Gasteiger partial charge in [0.1, 0.15) is 5.69 Å². The van der Waals surface area contributed by atoms with Crippen LogP contribution in [0.4, 0.5) is 5.95 Å². The summed E-state index contributed by atoms with van der Waals surface area (Å²) >= 11 is 0. The summed E-state index contributed by atoms with van der Waals surface area (Å²) in [6.07, 6.45) is 5.13. The van der Waals surface area contributed by atoms with E-state index >= 15 is 0 Å². The summed E-state index contributed by atoms with van der Waals surface area (Å²) in [5.74, 6) is 0.216. The van der Waals surface area contributed by atoms with Gasteiger partial charge in [-0.3, -0.25) is 19.5 Å². The molecule has 3 aromatic heterocycles. The molecular formula is C13H10N4O. The lowest BCUT2D eigenvalue weighted by Gasteiger charge is -2.03. The molecule has 0 aliphatic rings. The van der Waals surface area contributed by atoms with Gasteiger partial charge in [-0.15, -0.1) is 0 Å². The Balaban J connectivity index is 1.91. The maximum Gasteiger partial charge on any atom is 0.276 e. The number of hydrogen-bond acceptors (Lipinski definition) is 3. The third-order valence-electron chi connectivity index (χ3n) is 2.56. The predicted molar refractivity (Wildman–Crippen MR) is 67.4 cm³/mol. The number of imidazole rings is 1. The largest absolute Gasteiger partial charge is 0.290 e.